The van der Waals surface area contributed by atoms with Crippen LogP contribution in [-0.4, -0.2) is 25.2 Å². The van der Waals surface area contributed by atoms with Crippen LogP contribution < -0.4 is 4.57 Å². The van der Waals surface area contributed by atoms with Crippen molar-refractivity contribution in [3.8, 4) is 5.75 Å². The van der Waals surface area contributed by atoms with E-state index >= 15 is 0 Å². The van der Waals surface area contributed by atoms with Gasteiger partial charge in [-0.25, -0.2) is 13.0 Å². The van der Waals surface area contributed by atoms with E-state index in [2.05, 4.69) is 17.2 Å². The maximum absolute atomic E-state index is 9.33. The van der Waals surface area contributed by atoms with Crippen LogP contribution in [-0.2, 0) is 21.6 Å². The zero-order chi connectivity index (χ0) is 14.6. The van der Waals surface area contributed by atoms with E-state index in [4.69, 9.17) is 0 Å². The predicted molar refractivity (Wildman–Crippen MR) is 68.2 cm³/mol. The molecule has 0 bridgehead atoms. The molecule has 0 aliphatic rings. The fraction of sp³-hybridized carbons (Fsp3) is 0.250. The summed E-state index contributed by atoms with van der Waals surface area (Å²) in [5.41, 5.74) is 2.29. The summed E-state index contributed by atoms with van der Waals surface area (Å²) in [6, 6.07) is 7.51. The molecule has 1 aromatic carbocycles. The van der Waals surface area contributed by atoms with Crippen LogP contribution in [0.25, 0.3) is 10.9 Å². The van der Waals surface area contributed by atoms with Gasteiger partial charge in [-0.05, 0) is 24.6 Å². The Kier molecular flexibility index (Phi) is 4.82. The number of aryl methyl sites for hydroxylation is 2. The maximum atomic E-state index is 9.33. The lowest BCUT2D eigenvalue weighted by Crippen LogP contribution is -2.28. The number of fused-ring (bicyclic) bond motifs is 1. The summed E-state index contributed by atoms with van der Waals surface area (Å²) in [7, 11) is -1.63. The van der Waals surface area contributed by atoms with Gasteiger partial charge < -0.3 is 9.66 Å². The Balaban J connectivity index is 0.000000258. The number of phenolic OH excluding ortho intramolecular Hbond substituents is 1. The highest BCUT2D eigenvalue weighted by atomic mass is 32.3. The SMILES string of the molecule is COS(=O)(=O)[O-].Cc1cc[n+](C)c2cc(O)ccc12. The van der Waals surface area contributed by atoms with Gasteiger partial charge in [0.25, 0.3) is 0 Å². The van der Waals surface area contributed by atoms with Crippen molar-refractivity contribution in [1.29, 1.82) is 0 Å². The summed E-state index contributed by atoms with van der Waals surface area (Å²) >= 11 is 0. The van der Waals surface area contributed by atoms with Crippen LogP contribution in [0.1, 0.15) is 5.56 Å². The average molecular weight is 285 g/mol. The van der Waals surface area contributed by atoms with E-state index < -0.39 is 10.4 Å². The Morgan fingerprint density at radius 1 is 1.32 bits per heavy atom. The van der Waals surface area contributed by atoms with Gasteiger partial charge in [-0.3, -0.25) is 4.18 Å². The number of aromatic nitrogens is 1. The molecule has 0 aliphatic heterocycles. The van der Waals surface area contributed by atoms with Crippen molar-refractivity contribution in [1.82, 2.24) is 0 Å². The second-order valence-electron chi connectivity index (χ2n) is 3.89. The molecule has 0 amide bonds. The van der Waals surface area contributed by atoms with Crippen LogP contribution in [0.3, 0.4) is 0 Å². The second kappa shape index (κ2) is 5.96. The Hall–Kier alpha value is -1.70. The third-order valence-corrected chi connectivity index (χ3v) is 2.95. The molecule has 1 aromatic heterocycles. The van der Waals surface area contributed by atoms with Gasteiger partial charge in [0, 0.05) is 11.5 Å². The first-order valence-corrected chi connectivity index (χ1v) is 6.67. The van der Waals surface area contributed by atoms with E-state index in [1.54, 1.807) is 12.1 Å². The topological polar surface area (TPSA) is 90.5 Å². The number of hydrogen-bond acceptors (Lipinski definition) is 5. The molecule has 0 atom stereocenters. The Labute approximate surface area is 111 Å². The van der Waals surface area contributed by atoms with Crippen LogP contribution in [0, 0.1) is 6.92 Å². The van der Waals surface area contributed by atoms with Gasteiger partial charge in [0.15, 0.2) is 6.20 Å². The molecule has 2 aromatic rings. The monoisotopic (exact) mass is 285 g/mol. The smallest absolute Gasteiger partial charge is 0.217 e. The van der Waals surface area contributed by atoms with Crippen molar-refractivity contribution in [3.05, 3.63) is 36.0 Å². The van der Waals surface area contributed by atoms with Gasteiger partial charge in [0.1, 0.15) is 12.8 Å². The lowest BCUT2D eigenvalue weighted by molar-refractivity contribution is -0.644. The zero-order valence-electron chi connectivity index (χ0n) is 10.8. The zero-order valence-corrected chi connectivity index (χ0v) is 11.6. The number of benzene rings is 1. The number of aromatic hydroxyl groups is 1. The number of hydrogen-bond donors (Lipinski definition) is 1. The van der Waals surface area contributed by atoms with Crippen molar-refractivity contribution in [2.45, 2.75) is 6.92 Å². The molecule has 7 heteroatoms. The second-order valence-corrected chi connectivity index (χ2v) is 5.04. The molecule has 0 saturated carbocycles. The largest absolute Gasteiger partial charge is 0.726 e. The van der Waals surface area contributed by atoms with Gasteiger partial charge >= 0.3 is 0 Å². The Morgan fingerprint density at radius 2 is 1.89 bits per heavy atom. The third-order valence-electron chi connectivity index (χ3n) is 2.54. The highest BCUT2D eigenvalue weighted by Gasteiger charge is 2.06. The van der Waals surface area contributed by atoms with E-state index in [0.717, 1.165) is 12.6 Å². The van der Waals surface area contributed by atoms with Gasteiger partial charge in [0.2, 0.25) is 15.9 Å². The summed E-state index contributed by atoms with van der Waals surface area (Å²) in [4.78, 5) is 0. The van der Waals surface area contributed by atoms with Crippen molar-refractivity contribution >= 4 is 21.3 Å². The van der Waals surface area contributed by atoms with Crippen LogP contribution in [0.4, 0.5) is 0 Å². The Morgan fingerprint density at radius 3 is 2.42 bits per heavy atom. The lowest BCUT2D eigenvalue weighted by Gasteiger charge is -2.00. The van der Waals surface area contributed by atoms with Gasteiger partial charge in [-0.15, -0.1) is 0 Å². The van der Waals surface area contributed by atoms with E-state index in [1.807, 2.05) is 23.9 Å². The van der Waals surface area contributed by atoms with Crippen LogP contribution in [0.2, 0.25) is 0 Å². The summed E-state index contributed by atoms with van der Waals surface area (Å²) in [6.45, 7) is 2.07. The minimum absolute atomic E-state index is 0.314. The molecule has 2 rings (SSSR count). The van der Waals surface area contributed by atoms with Crippen molar-refractivity contribution in [2.24, 2.45) is 7.05 Å². The molecule has 0 fully saturated rings. The summed E-state index contributed by atoms with van der Waals surface area (Å²) in [6.07, 6.45) is 2.00. The molecule has 0 aliphatic carbocycles. The predicted octanol–water partition coefficient (Wildman–Crippen LogP) is 0.771. The molecular formula is C12H15NO5S. The summed E-state index contributed by atoms with van der Waals surface area (Å²) in [5, 5.41) is 10.5. The number of phenols is 1. The fourth-order valence-electron chi connectivity index (χ4n) is 1.54. The van der Waals surface area contributed by atoms with Crippen molar-refractivity contribution in [2.75, 3.05) is 7.11 Å². The van der Waals surface area contributed by atoms with Crippen LogP contribution in [0.5, 0.6) is 5.75 Å². The van der Waals surface area contributed by atoms with Gasteiger partial charge in [0.05, 0.1) is 13.2 Å². The minimum Gasteiger partial charge on any atom is -0.726 e. The van der Waals surface area contributed by atoms with Crippen molar-refractivity contribution < 1.29 is 26.8 Å². The van der Waals surface area contributed by atoms with Gasteiger partial charge in [-0.1, -0.05) is 0 Å². The van der Waals surface area contributed by atoms with Crippen LogP contribution >= 0.6 is 0 Å². The minimum atomic E-state index is -4.41. The molecule has 0 radical (unpaired) electrons. The highest BCUT2D eigenvalue weighted by molar-refractivity contribution is 7.80. The molecule has 19 heavy (non-hydrogen) atoms. The van der Waals surface area contributed by atoms with Crippen molar-refractivity contribution in [3.63, 3.8) is 0 Å². The molecule has 104 valence electrons. The van der Waals surface area contributed by atoms with E-state index in [0.29, 0.717) is 5.75 Å². The molecule has 0 unspecified atom stereocenters. The first kappa shape index (κ1) is 15.4. The lowest BCUT2D eigenvalue weighted by atomic mass is 10.1. The molecule has 0 saturated heterocycles. The molecule has 1 heterocycles. The summed E-state index contributed by atoms with van der Waals surface area (Å²) in [5.74, 6) is 0.314. The maximum Gasteiger partial charge on any atom is 0.217 e. The first-order valence-electron chi connectivity index (χ1n) is 5.34. The summed E-state index contributed by atoms with van der Waals surface area (Å²) < 4.78 is 33.0. The van der Waals surface area contributed by atoms with Gasteiger partial charge in [-0.2, -0.15) is 0 Å². The number of rotatable bonds is 1. The van der Waals surface area contributed by atoms with E-state index in [9.17, 15) is 18.1 Å². The number of pyridine rings is 1. The Bertz CT molecular complexity index is 682. The average Bonchev–Trinajstić information content (AvgIpc) is 2.34. The first-order chi connectivity index (χ1) is 8.74. The third kappa shape index (κ3) is 4.47. The highest BCUT2D eigenvalue weighted by Crippen LogP contribution is 2.19. The molecule has 1 N–H and O–H groups in total. The standard InChI is InChI=1S/C11H11NO.CH4O4S/c1-8-5-6-12(2)11-7-9(13)3-4-10(8)11;1-5-6(2,3)4/h3-7H,1-2H3;1H3,(H,2,3,4). The quantitative estimate of drug-likeness (QED) is 0.475. The van der Waals surface area contributed by atoms with E-state index in [1.165, 1.54) is 10.9 Å². The number of nitrogens with zero attached hydrogens (tertiary/aromatic N) is 1. The molecule has 6 nitrogen and oxygen atoms in total. The normalized spacial score (nSPS) is 10.9. The van der Waals surface area contributed by atoms with E-state index in [-0.39, 0.29) is 0 Å². The molecule has 0 spiro atoms. The fourth-order valence-corrected chi connectivity index (χ4v) is 1.54. The molecular weight excluding hydrogens is 270 g/mol. The van der Waals surface area contributed by atoms with Crippen LogP contribution in [0.15, 0.2) is 30.5 Å².